The molecule has 8 N–H and O–H groups in total. The van der Waals surface area contributed by atoms with Crippen molar-refractivity contribution < 1.29 is 24.9 Å². The molecule has 4 saturated carbocycles. The average molecular weight is 715 g/mol. The Morgan fingerprint density at radius 2 is 1.84 bits per heavy atom. The lowest BCUT2D eigenvalue weighted by atomic mass is 9.43. The fourth-order valence-electron chi connectivity index (χ4n) is 9.98. The van der Waals surface area contributed by atoms with Gasteiger partial charge in [0.25, 0.3) is 0 Å². The van der Waals surface area contributed by atoms with Crippen molar-refractivity contribution in [1.29, 1.82) is 0 Å². The third-order valence-electron chi connectivity index (χ3n) is 12.5. The van der Waals surface area contributed by atoms with E-state index in [9.17, 15) is 24.9 Å². The van der Waals surface area contributed by atoms with Gasteiger partial charge in [0, 0.05) is 29.3 Å². The number of nitrogens with one attached hydrogen (secondary N) is 3. The van der Waals surface area contributed by atoms with Crippen LogP contribution in [0, 0.1) is 58.7 Å². The summed E-state index contributed by atoms with van der Waals surface area (Å²) in [6, 6.07) is -0.729. The highest BCUT2D eigenvalue weighted by atomic mass is 127. The summed E-state index contributed by atoms with van der Waals surface area (Å²) in [4.78, 5) is 25.9. The molecule has 13 atom stereocenters. The standard InChI is InChI=1S/C33H55IN4O5/c1-6-15-36-30(43)25(12-14-32(4,35)38-34)37-28(42)10-7-19(2)22-8-9-23-29-24(18-27(41)33(22,23)5)31(3)13-11-21(39)16-20(31)17-26(29)40/h1,19-27,29,38-41H,7-18,35H2,2-5H3,(H,36,43)(H,37,42). The fraction of sp³-hybridized carbons (Fsp3) is 0.879. The van der Waals surface area contributed by atoms with E-state index < -0.39 is 23.9 Å². The summed E-state index contributed by atoms with van der Waals surface area (Å²) in [6.07, 6.45) is 11.9. The van der Waals surface area contributed by atoms with E-state index in [0.717, 1.165) is 38.5 Å². The molecule has 0 aromatic rings. The van der Waals surface area contributed by atoms with Crippen molar-refractivity contribution in [3.05, 3.63) is 0 Å². The van der Waals surface area contributed by atoms with Crippen LogP contribution in [0.1, 0.15) is 98.3 Å². The van der Waals surface area contributed by atoms with Crippen LogP contribution in [0.25, 0.3) is 0 Å². The third kappa shape index (κ3) is 7.07. The minimum atomic E-state index is -0.729. The van der Waals surface area contributed by atoms with Gasteiger partial charge >= 0.3 is 0 Å². The number of carbonyl (C=O) groups excluding carboxylic acids is 2. The molecule has 0 aliphatic heterocycles. The molecule has 13 unspecified atom stereocenters. The van der Waals surface area contributed by atoms with E-state index in [0.29, 0.717) is 31.6 Å². The number of fused-ring (bicyclic) bond motifs is 5. The van der Waals surface area contributed by atoms with E-state index in [1.54, 1.807) is 0 Å². The van der Waals surface area contributed by atoms with Gasteiger partial charge in [-0.05, 0) is 117 Å². The van der Waals surface area contributed by atoms with E-state index in [-0.39, 0.29) is 71.3 Å². The Balaban J connectivity index is 1.40. The minimum absolute atomic E-state index is 0.0460. The van der Waals surface area contributed by atoms with Crippen LogP contribution in [-0.4, -0.2) is 63.7 Å². The molecular formula is C33H55IN4O5. The summed E-state index contributed by atoms with van der Waals surface area (Å²) in [5.74, 6) is 3.31. The van der Waals surface area contributed by atoms with Crippen molar-refractivity contribution in [1.82, 2.24) is 14.2 Å². The number of hydrogen-bond donors (Lipinski definition) is 7. The molecular weight excluding hydrogens is 659 g/mol. The monoisotopic (exact) mass is 714 g/mol. The molecule has 244 valence electrons. The van der Waals surface area contributed by atoms with Crippen LogP contribution in [0.2, 0.25) is 0 Å². The van der Waals surface area contributed by atoms with E-state index >= 15 is 0 Å². The van der Waals surface area contributed by atoms with Crippen LogP contribution < -0.4 is 19.9 Å². The number of aliphatic hydroxyl groups is 3. The second kappa shape index (κ2) is 13.8. The first-order valence-corrected chi connectivity index (χ1v) is 17.5. The van der Waals surface area contributed by atoms with Crippen molar-refractivity contribution in [2.24, 2.45) is 52.1 Å². The zero-order valence-electron chi connectivity index (χ0n) is 26.4. The number of terminal acetylenes is 1. The summed E-state index contributed by atoms with van der Waals surface area (Å²) < 4.78 is 3.00. The summed E-state index contributed by atoms with van der Waals surface area (Å²) in [6.45, 7) is 8.69. The lowest BCUT2D eigenvalue weighted by Crippen LogP contribution is -2.62. The Labute approximate surface area is 272 Å². The second-order valence-corrected chi connectivity index (χ2v) is 15.7. The maximum Gasteiger partial charge on any atom is 0.243 e. The SMILES string of the molecule is C#CCNC(=O)C(CCC(C)(N)NI)NC(=O)CCC(C)C1CCC2C3C(O)CC4CC(O)CCC4(C)C3CC(O)C12C. The highest BCUT2D eigenvalue weighted by Gasteiger charge is 2.65. The maximum atomic E-state index is 13.1. The zero-order valence-corrected chi connectivity index (χ0v) is 28.6. The number of nitrogens with two attached hydrogens (primary N) is 1. The lowest BCUT2D eigenvalue weighted by molar-refractivity contribution is -0.207. The number of rotatable bonds is 11. The number of amides is 2. The molecule has 43 heavy (non-hydrogen) atoms. The Bertz CT molecular complexity index is 1050. The highest BCUT2D eigenvalue weighted by Crippen LogP contribution is 2.68. The number of carbonyl (C=O) groups is 2. The Kier molecular flexibility index (Phi) is 11.2. The second-order valence-electron chi connectivity index (χ2n) is 15.1. The van der Waals surface area contributed by atoms with Gasteiger partial charge in [-0.2, -0.15) is 0 Å². The van der Waals surface area contributed by atoms with Gasteiger partial charge in [-0.25, -0.2) is 3.53 Å². The van der Waals surface area contributed by atoms with Gasteiger partial charge < -0.3 is 31.7 Å². The van der Waals surface area contributed by atoms with Gasteiger partial charge in [-0.15, -0.1) is 6.42 Å². The van der Waals surface area contributed by atoms with Crippen LogP contribution >= 0.6 is 22.9 Å². The van der Waals surface area contributed by atoms with E-state index in [2.05, 4.69) is 40.9 Å². The van der Waals surface area contributed by atoms with Crippen LogP contribution in [-0.2, 0) is 9.59 Å². The van der Waals surface area contributed by atoms with E-state index in [1.807, 2.05) is 29.8 Å². The topological polar surface area (TPSA) is 157 Å². The molecule has 4 fully saturated rings. The van der Waals surface area contributed by atoms with Crippen LogP contribution in [0.15, 0.2) is 0 Å². The Hall–Kier alpha value is -0.970. The summed E-state index contributed by atoms with van der Waals surface area (Å²) >= 11 is 1.99. The molecule has 0 radical (unpaired) electrons. The zero-order chi connectivity index (χ0) is 31.7. The highest BCUT2D eigenvalue weighted by molar-refractivity contribution is 14.1. The van der Waals surface area contributed by atoms with Crippen LogP contribution in [0.5, 0.6) is 0 Å². The first kappa shape index (κ1) is 34.9. The Morgan fingerprint density at radius 1 is 1.12 bits per heavy atom. The number of halogens is 1. The molecule has 10 heteroatoms. The van der Waals surface area contributed by atoms with Gasteiger partial charge in [0.1, 0.15) is 6.04 Å². The van der Waals surface area contributed by atoms with Crippen molar-refractivity contribution in [2.45, 2.75) is 128 Å². The molecule has 4 aliphatic carbocycles. The molecule has 0 aromatic heterocycles. The smallest absolute Gasteiger partial charge is 0.243 e. The number of aliphatic hydroxyl groups excluding tert-OH is 3. The Morgan fingerprint density at radius 3 is 2.51 bits per heavy atom. The van der Waals surface area contributed by atoms with Crippen molar-refractivity contribution in [3.8, 4) is 12.3 Å². The van der Waals surface area contributed by atoms with Gasteiger partial charge in [-0.3, -0.25) is 9.59 Å². The first-order valence-electron chi connectivity index (χ1n) is 16.4. The molecule has 0 bridgehead atoms. The largest absolute Gasteiger partial charge is 0.393 e. The summed E-state index contributed by atoms with van der Waals surface area (Å²) in [5.41, 5.74) is 5.25. The van der Waals surface area contributed by atoms with Crippen molar-refractivity contribution in [3.63, 3.8) is 0 Å². The van der Waals surface area contributed by atoms with Crippen LogP contribution in [0.4, 0.5) is 0 Å². The molecule has 0 aromatic carbocycles. The van der Waals surface area contributed by atoms with Crippen LogP contribution in [0.3, 0.4) is 0 Å². The molecule has 0 spiro atoms. The lowest BCUT2D eigenvalue weighted by Gasteiger charge is -2.63. The van der Waals surface area contributed by atoms with E-state index in [4.69, 9.17) is 12.2 Å². The van der Waals surface area contributed by atoms with Crippen molar-refractivity contribution in [2.75, 3.05) is 6.54 Å². The molecule has 4 aliphatic rings. The first-order chi connectivity index (χ1) is 20.2. The predicted molar refractivity (Wildman–Crippen MR) is 175 cm³/mol. The van der Waals surface area contributed by atoms with E-state index in [1.165, 1.54) is 0 Å². The summed E-state index contributed by atoms with van der Waals surface area (Å²) in [7, 11) is 0. The third-order valence-corrected chi connectivity index (χ3v) is 13.8. The maximum absolute atomic E-state index is 13.1. The van der Waals surface area contributed by atoms with Gasteiger partial charge in [0.15, 0.2) is 0 Å². The minimum Gasteiger partial charge on any atom is -0.393 e. The predicted octanol–water partition coefficient (Wildman–Crippen LogP) is 2.99. The van der Waals surface area contributed by atoms with Gasteiger partial charge in [0.05, 0.1) is 30.5 Å². The summed E-state index contributed by atoms with van der Waals surface area (Å²) in [5, 5.41) is 39.3. The van der Waals surface area contributed by atoms with Gasteiger partial charge in [0.2, 0.25) is 11.8 Å². The molecule has 4 rings (SSSR count). The molecule has 2 amide bonds. The number of hydrogen-bond acceptors (Lipinski definition) is 7. The quantitative estimate of drug-likeness (QED) is 0.0751. The van der Waals surface area contributed by atoms with Gasteiger partial charge in [-0.1, -0.05) is 26.7 Å². The molecule has 9 nitrogen and oxygen atoms in total. The molecule has 0 saturated heterocycles. The average Bonchev–Trinajstić information content (AvgIpc) is 3.32. The molecule has 0 heterocycles. The van der Waals surface area contributed by atoms with Crippen molar-refractivity contribution >= 4 is 34.7 Å². The fourth-order valence-corrected chi connectivity index (χ4v) is 10.2. The normalized spacial score (nSPS) is 41.4.